The molecule has 7 nitrogen and oxygen atoms in total. The lowest BCUT2D eigenvalue weighted by Crippen LogP contribution is -2.47. The molecule has 0 saturated heterocycles. The van der Waals surface area contributed by atoms with E-state index in [0.717, 1.165) is 36.0 Å². The van der Waals surface area contributed by atoms with Crippen LogP contribution in [0.3, 0.4) is 0 Å². The molecule has 0 bridgehead atoms. The molecule has 1 atom stereocenters. The minimum absolute atomic E-state index is 0.0950. The molecule has 1 saturated carbocycles. The highest BCUT2D eigenvalue weighted by Gasteiger charge is 2.33. The van der Waals surface area contributed by atoms with Crippen LogP contribution in [0.4, 0.5) is 4.79 Å². The third-order valence-corrected chi connectivity index (χ3v) is 7.38. The number of ether oxygens (including phenoxy) is 2. The van der Waals surface area contributed by atoms with E-state index in [1.54, 1.807) is 14.2 Å². The van der Waals surface area contributed by atoms with Gasteiger partial charge in [-0.1, -0.05) is 49.6 Å². The zero-order valence-corrected chi connectivity index (χ0v) is 21.1. The minimum Gasteiger partial charge on any atom is -0.493 e. The zero-order valence-electron chi connectivity index (χ0n) is 21.1. The van der Waals surface area contributed by atoms with E-state index in [1.165, 1.54) is 19.3 Å². The third kappa shape index (κ3) is 5.55. The monoisotopic (exact) mass is 479 g/mol. The number of hydrogen-bond donors (Lipinski definition) is 1. The first-order chi connectivity index (χ1) is 17.0. The maximum Gasteiger partial charge on any atom is 0.318 e. The quantitative estimate of drug-likeness (QED) is 0.633. The molecule has 35 heavy (non-hydrogen) atoms. The molecule has 2 aromatic rings. The second kappa shape index (κ2) is 11.5. The van der Waals surface area contributed by atoms with Gasteiger partial charge >= 0.3 is 6.03 Å². The molecule has 0 spiro atoms. The number of hydrogen-bond acceptors (Lipinski definition) is 4. The van der Waals surface area contributed by atoms with Crippen molar-refractivity contribution in [1.29, 1.82) is 0 Å². The van der Waals surface area contributed by atoms with Crippen molar-refractivity contribution >= 4 is 11.9 Å². The van der Waals surface area contributed by atoms with Gasteiger partial charge in [0.1, 0.15) is 0 Å². The Morgan fingerprint density at radius 3 is 2.40 bits per heavy atom. The molecule has 2 aromatic carbocycles. The van der Waals surface area contributed by atoms with Gasteiger partial charge < -0.3 is 24.6 Å². The molecule has 1 aliphatic carbocycles. The minimum atomic E-state index is -0.250. The van der Waals surface area contributed by atoms with Crippen LogP contribution in [0.2, 0.25) is 0 Å². The molecule has 0 unspecified atom stereocenters. The molecule has 4 rings (SSSR count). The summed E-state index contributed by atoms with van der Waals surface area (Å²) in [6.07, 6.45) is 6.82. The maximum atomic E-state index is 13.4. The fourth-order valence-electron chi connectivity index (χ4n) is 5.39. The van der Waals surface area contributed by atoms with E-state index < -0.39 is 0 Å². The maximum absolute atomic E-state index is 13.4. The molecule has 1 fully saturated rings. The summed E-state index contributed by atoms with van der Waals surface area (Å²) in [5, 5.41) is 3.01. The van der Waals surface area contributed by atoms with Gasteiger partial charge in [0.05, 0.1) is 20.3 Å². The third-order valence-electron chi connectivity index (χ3n) is 7.38. The van der Waals surface area contributed by atoms with Crippen LogP contribution in [0.15, 0.2) is 42.5 Å². The van der Waals surface area contributed by atoms with E-state index in [1.807, 2.05) is 59.3 Å². The fraction of sp³-hybridized carbons (Fsp3) is 0.500. The number of benzene rings is 2. The molecule has 188 valence electrons. The average molecular weight is 480 g/mol. The number of urea groups is 1. The second-order valence-corrected chi connectivity index (χ2v) is 9.44. The molecular formula is C28H37N3O4. The Morgan fingerprint density at radius 2 is 1.71 bits per heavy atom. The number of rotatable bonds is 7. The Hall–Kier alpha value is -3.22. The second-order valence-electron chi connectivity index (χ2n) is 9.44. The SMILES string of the molecule is COc1cc2c(cc1OC)[C@H](c1ccccc1)N(C(=O)NCCC(=O)N(C)C1CCCCC1)CC2. The van der Waals surface area contributed by atoms with Gasteiger partial charge in [0.25, 0.3) is 0 Å². The first kappa shape index (κ1) is 24.9. The topological polar surface area (TPSA) is 71.1 Å². The summed E-state index contributed by atoms with van der Waals surface area (Å²) >= 11 is 0. The van der Waals surface area contributed by atoms with Gasteiger partial charge in [0.2, 0.25) is 5.91 Å². The highest BCUT2D eigenvalue weighted by Crippen LogP contribution is 2.41. The van der Waals surface area contributed by atoms with Crippen molar-refractivity contribution in [2.45, 2.75) is 57.0 Å². The van der Waals surface area contributed by atoms with Gasteiger partial charge in [0, 0.05) is 32.6 Å². The molecule has 0 radical (unpaired) electrons. The van der Waals surface area contributed by atoms with Gasteiger partial charge in [-0.3, -0.25) is 4.79 Å². The zero-order chi connectivity index (χ0) is 24.8. The lowest BCUT2D eigenvalue weighted by atomic mass is 9.88. The number of fused-ring (bicyclic) bond motifs is 1. The van der Waals surface area contributed by atoms with Crippen LogP contribution in [0.5, 0.6) is 11.5 Å². The standard InChI is InChI=1S/C28H37N3O4/c1-30(22-12-8-5-9-13-22)26(32)14-16-29-28(33)31-17-15-21-18-24(34-2)25(35-3)19-23(21)27(31)20-10-6-4-7-11-20/h4,6-7,10-11,18-19,22,27H,5,8-9,12-17H2,1-3H3,(H,29,33)/t27-/m0/s1. The molecule has 1 aliphatic heterocycles. The number of carbonyl (C=O) groups is 2. The number of nitrogens with zero attached hydrogens (tertiary/aromatic N) is 2. The van der Waals surface area contributed by atoms with Gasteiger partial charge in [-0.25, -0.2) is 4.79 Å². The van der Waals surface area contributed by atoms with E-state index in [2.05, 4.69) is 5.32 Å². The van der Waals surface area contributed by atoms with Crippen LogP contribution in [0, 0.1) is 0 Å². The van der Waals surface area contributed by atoms with Crippen LogP contribution in [-0.4, -0.2) is 62.1 Å². The first-order valence-corrected chi connectivity index (χ1v) is 12.6. The number of amides is 3. The molecule has 2 aliphatic rings. The van der Waals surface area contributed by atoms with E-state index in [-0.39, 0.29) is 18.0 Å². The summed E-state index contributed by atoms with van der Waals surface area (Å²) in [6, 6.07) is 13.9. The smallest absolute Gasteiger partial charge is 0.318 e. The Kier molecular flexibility index (Phi) is 8.16. The van der Waals surface area contributed by atoms with Crippen molar-refractivity contribution in [3.8, 4) is 11.5 Å². The Labute approximate surface area is 208 Å². The van der Waals surface area contributed by atoms with E-state index in [9.17, 15) is 9.59 Å². The van der Waals surface area contributed by atoms with Crippen molar-refractivity contribution in [2.24, 2.45) is 0 Å². The molecule has 3 amide bonds. The molecule has 7 heteroatoms. The van der Waals surface area contributed by atoms with Crippen molar-refractivity contribution in [3.63, 3.8) is 0 Å². The van der Waals surface area contributed by atoms with E-state index >= 15 is 0 Å². The normalized spacial score (nSPS) is 17.9. The summed E-state index contributed by atoms with van der Waals surface area (Å²) in [6.45, 7) is 0.898. The number of methoxy groups -OCH3 is 2. The predicted molar refractivity (Wildman–Crippen MR) is 136 cm³/mol. The first-order valence-electron chi connectivity index (χ1n) is 12.6. The van der Waals surface area contributed by atoms with Crippen LogP contribution in [0.1, 0.15) is 61.3 Å². The fourth-order valence-corrected chi connectivity index (χ4v) is 5.39. The Balaban J connectivity index is 1.48. The van der Waals surface area contributed by atoms with Crippen molar-refractivity contribution in [3.05, 3.63) is 59.2 Å². The van der Waals surface area contributed by atoms with Crippen LogP contribution in [0.25, 0.3) is 0 Å². The summed E-state index contributed by atoms with van der Waals surface area (Å²) < 4.78 is 11.1. The van der Waals surface area contributed by atoms with Crippen LogP contribution >= 0.6 is 0 Å². The van der Waals surface area contributed by atoms with E-state index in [4.69, 9.17) is 9.47 Å². The van der Waals surface area contributed by atoms with Crippen molar-refractivity contribution in [2.75, 3.05) is 34.4 Å². The predicted octanol–water partition coefficient (Wildman–Crippen LogP) is 4.54. The number of nitrogens with one attached hydrogen (secondary N) is 1. The summed E-state index contributed by atoms with van der Waals surface area (Å²) in [4.78, 5) is 29.8. The van der Waals surface area contributed by atoms with Crippen LogP contribution in [-0.2, 0) is 11.2 Å². The molecule has 1 heterocycles. The van der Waals surface area contributed by atoms with Crippen molar-refractivity contribution in [1.82, 2.24) is 15.1 Å². The highest BCUT2D eigenvalue weighted by molar-refractivity contribution is 5.79. The highest BCUT2D eigenvalue weighted by atomic mass is 16.5. The summed E-state index contributed by atoms with van der Waals surface area (Å²) in [7, 11) is 5.15. The summed E-state index contributed by atoms with van der Waals surface area (Å²) in [5.74, 6) is 1.43. The van der Waals surface area contributed by atoms with E-state index in [0.29, 0.717) is 37.1 Å². The largest absolute Gasteiger partial charge is 0.493 e. The molecule has 1 N–H and O–H groups in total. The Bertz CT molecular complexity index is 1020. The average Bonchev–Trinajstić information content (AvgIpc) is 2.91. The molecule has 0 aromatic heterocycles. The van der Waals surface area contributed by atoms with Crippen molar-refractivity contribution < 1.29 is 19.1 Å². The molecular weight excluding hydrogens is 442 g/mol. The van der Waals surface area contributed by atoms with Gasteiger partial charge in [-0.2, -0.15) is 0 Å². The number of carbonyl (C=O) groups excluding carboxylic acids is 2. The Morgan fingerprint density at radius 1 is 1.03 bits per heavy atom. The van der Waals surface area contributed by atoms with Gasteiger partial charge in [0.15, 0.2) is 11.5 Å². The summed E-state index contributed by atoms with van der Waals surface area (Å²) in [5.41, 5.74) is 3.21. The van der Waals surface area contributed by atoms with Gasteiger partial charge in [-0.05, 0) is 48.1 Å². The van der Waals surface area contributed by atoms with Crippen LogP contribution < -0.4 is 14.8 Å². The lowest BCUT2D eigenvalue weighted by Gasteiger charge is -2.38. The lowest BCUT2D eigenvalue weighted by molar-refractivity contribution is -0.132. The van der Waals surface area contributed by atoms with Gasteiger partial charge in [-0.15, -0.1) is 0 Å².